The van der Waals surface area contributed by atoms with Gasteiger partial charge in [-0.05, 0) is 0 Å². The van der Waals surface area contributed by atoms with Crippen LogP contribution in [-0.2, 0) is 16.1 Å². The van der Waals surface area contributed by atoms with E-state index in [2.05, 4.69) is 5.10 Å². The number of aromatic nitrogens is 2. The molecule has 2 N–H and O–H groups in total. The first-order valence-electron chi connectivity index (χ1n) is 5.20. The Morgan fingerprint density at radius 2 is 2.25 bits per heavy atom. The molecule has 1 saturated heterocycles. The van der Waals surface area contributed by atoms with Crippen molar-refractivity contribution in [2.75, 3.05) is 12.3 Å². The highest BCUT2D eigenvalue weighted by atomic mass is 16.2. The molecule has 16 heavy (non-hydrogen) atoms. The van der Waals surface area contributed by atoms with Gasteiger partial charge >= 0.3 is 0 Å². The predicted molar refractivity (Wildman–Crippen MR) is 57.1 cm³/mol. The smallest absolute Gasteiger partial charge is 0.232 e. The van der Waals surface area contributed by atoms with E-state index in [9.17, 15) is 9.59 Å². The number of nitrogens with zero attached hydrogens (tertiary/aromatic N) is 3. The molecule has 1 aromatic heterocycles. The van der Waals surface area contributed by atoms with E-state index in [0.717, 1.165) is 0 Å². The molecule has 1 atom stereocenters. The van der Waals surface area contributed by atoms with Crippen LogP contribution in [0.5, 0.6) is 0 Å². The standard InChI is InChI=1S/C10H14N4O2/c1-7-4-9(15)14(10(7)16)3-2-13-6-8(11)5-12-13/h5-7H,2-4,11H2,1H3. The van der Waals surface area contributed by atoms with Crippen LogP contribution in [0.3, 0.4) is 0 Å². The van der Waals surface area contributed by atoms with Crippen molar-refractivity contribution < 1.29 is 9.59 Å². The monoisotopic (exact) mass is 222 g/mol. The summed E-state index contributed by atoms with van der Waals surface area (Å²) in [6.45, 7) is 2.62. The van der Waals surface area contributed by atoms with Crippen molar-refractivity contribution >= 4 is 17.5 Å². The molecular formula is C10H14N4O2. The number of rotatable bonds is 3. The summed E-state index contributed by atoms with van der Waals surface area (Å²) in [7, 11) is 0. The van der Waals surface area contributed by atoms with Crippen LogP contribution < -0.4 is 5.73 Å². The molecule has 0 aliphatic carbocycles. The van der Waals surface area contributed by atoms with E-state index in [1.807, 2.05) is 0 Å². The van der Waals surface area contributed by atoms with Gasteiger partial charge in [0, 0.05) is 25.1 Å². The molecule has 2 heterocycles. The Balaban J connectivity index is 1.95. The molecular weight excluding hydrogens is 208 g/mol. The van der Waals surface area contributed by atoms with Crippen molar-refractivity contribution in [3.8, 4) is 0 Å². The molecule has 1 aromatic rings. The van der Waals surface area contributed by atoms with Gasteiger partial charge in [-0.15, -0.1) is 0 Å². The lowest BCUT2D eigenvalue weighted by Crippen LogP contribution is -2.33. The minimum Gasteiger partial charge on any atom is -0.396 e. The van der Waals surface area contributed by atoms with E-state index in [-0.39, 0.29) is 17.7 Å². The highest BCUT2D eigenvalue weighted by Crippen LogP contribution is 2.18. The molecule has 2 rings (SSSR count). The molecule has 0 aromatic carbocycles. The number of carbonyl (C=O) groups is 2. The average molecular weight is 222 g/mol. The van der Waals surface area contributed by atoms with Gasteiger partial charge in [-0.1, -0.05) is 6.92 Å². The number of anilines is 1. The van der Waals surface area contributed by atoms with Gasteiger partial charge in [0.25, 0.3) is 0 Å². The number of hydrogen-bond donors (Lipinski definition) is 1. The Hall–Kier alpha value is -1.85. The molecule has 0 spiro atoms. The van der Waals surface area contributed by atoms with Crippen molar-refractivity contribution in [2.45, 2.75) is 19.9 Å². The SMILES string of the molecule is CC1CC(=O)N(CCn2cc(N)cn2)C1=O. The quantitative estimate of drug-likeness (QED) is 0.722. The van der Waals surface area contributed by atoms with E-state index < -0.39 is 0 Å². The maximum atomic E-state index is 11.6. The highest BCUT2D eigenvalue weighted by molar-refractivity contribution is 6.03. The molecule has 0 bridgehead atoms. The van der Waals surface area contributed by atoms with Crippen molar-refractivity contribution in [3.63, 3.8) is 0 Å². The third kappa shape index (κ3) is 1.91. The highest BCUT2D eigenvalue weighted by Gasteiger charge is 2.34. The van der Waals surface area contributed by atoms with Crippen LogP contribution in [0.4, 0.5) is 5.69 Å². The zero-order valence-corrected chi connectivity index (χ0v) is 9.09. The first-order chi connectivity index (χ1) is 7.58. The summed E-state index contributed by atoms with van der Waals surface area (Å²) in [5.41, 5.74) is 6.08. The van der Waals surface area contributed by atoms with Gasteiger partial charge < -0.3 is 5.73 Å². The van der Waals surface area contributed by atoms with Crippen LogP contribution >= 0.6 is 0 Å². The van der Waals surface area contributed by atoms with E-state index in [0.29, 0.717) is 25.2 Å². The van der Waals surface area contributed by atoms with Crippen LogP contribution in [0.15, 0.2) is 12.4 Å². The first kappa shape index (κ1) is 10.7. The molecule has 1 fully saturated rings. The second-order valence-corrected chi connectivity index (χ2v) is 4.03. The number of likely N-dealkylation sites (tertiary alicyclic amines) is 1. The average Bonchev–Trinajstić information content (AvgIpc) is 2.72. The van der Waals surface area contributed by atoms with E-state index in [1.165, 1.54) is 11.1 Å². The fourth-order valence-corrected chi connectivity index (χ4v) is 1.79. The lowest BCUT2D eigenvalue weighted by Gasteiger charge is -2.13. The Bertz CT molecular complexity index is 426. The van der Waals surface area contributed by atoms with Gasteiger partial charge in [0.15, 0.2) is 0 Å². The summed E-state index contributed by atoms with van der Waals surface area (Å²) in [5.74, 6) is -0.377. The van der Waals surface area contributed by atoms with Crippen LogP contribution in [0.1, 0.15) is 13.3 Å². The van der Waals surface area contributed by atoms with Gasteiger partial charge in [-0.2, -0.15) is 5.10 Å². The van der Waals surface area contributed by atoms with Gasteiger partial charge in [0.2, 0.25) is 11.8 Å². The fraction of sp³-hybridized carbons (Fsp3) is 0.500. The molecule has 1 unspecified atom stereocenters. The molecule has 0 saturated carbocycles. The summed E-state index contributed by atoms with van der Waals surface area (Å²) >= 11 is 0. The molecule has 6 heteroatoms. The molecule has 1 aliphatic rings. The first-order valence-corrected chi connectivity index (χ1v) is 5.20. The maximum Gasteiger partial charge on any atom is 0.232 e. The van der Waals surface area contributed by atoms with Gasteiger partial charge in [-0.25, -0.2) is 0 Å². The Kier molecular flexibility index (Phi) is 2.64. The van der Waals surface area contributed by atoms with E-state index in [1.54, 1.807) is 17.8 Å². The molecule has 0 radical (unpaired) electrons. The zero-order chi connectivity index (χ0) is 11.7. The normalized spacial score (nSPS) is 20.8. The maximum absolute atomic E-state index is 11.6. The van der Waals surface area contributed by atoms with Gasteiger partial charge in [0.05, 0.1) is 18.4 Å². The van der Waals surface area contributed by atoms with Crippen LogP contribution in [0.25, 0.3) is 0 Å². The second-order valence-electron chi connectivity index (χ2n) is 4.03. The van der Waals surface area contributed by atoms with Crippen molar-refractivity contribution in [2.24, 2.45) is 5.92 Å². The molecule has 2 amide bonds. The van der Waals surface area contributed by atoms with Crippen LogP contribution in [0.2, 0.25) is 0 Å². The Morgan fingerprint density at radius 3 is 2.75 bits per heavy atom. The third-order valence-corrected chi connectivity index (χ3v) is 2.68. The minimum absolute atomic E-state index is 0.0925. The van der Waals surface area contributed by atoms with Crippen molar-refractivity contribution in [3.05, 3.63) is 12.4 Å². The predicted octanol–water partition coefficient (Wildman–Crippen LogP) is -0.140. The van der Waals surface area contributed by atoms with Crippen LogP contribution in [-0.4, -0.2) is 33.0 Å². The third-order valence-electron chi connectivity index (χ3n) is 2.68. The lowest BCUT2D eigenvalue weighted by atomic mass is 10.1. The number of hydrogen-bond acceptors (Lipinski definition) is 4. The number of nitrogens with two attached hydrogens (primary N) is 1. The van der Waals surface area contributed by atoms with Crippen LogP contribution in [0, 0.1) is 5.92 Å². The Labute approximate surface area is 93.0 Å². The van der Waals surface area contributed by atoms with Gasteiger partial charge in [-0.3, -0.25) is 19.2 Å². The van der Waals surface area contributed by atoms with E-state index >= 15 is 0 Å². The summed E-state index contributed by atoms with van der Waals surface area (Å²) in [6, 6.07) is 0. The fourth-order valence-electron chi connectivity index (χ4n) is 1.79. The largest absolute Gasteiger partial charge is 0.396 e. The lowest BCUT2D eigenvalue weighted by molar-refractivity contribution is -0.139. The number of amides is 2. The number of nitrogen functional groups attached to an aromatic ring is 1. The van der Waals surface area contributed by atoms with E-state index in [4.69, 9.17) is 5.73 Å². The summed E-state index contributed by atoms with van der Waals surface area (Å²) < 4.78 is 1.62. The van der Waals surface area contributed by atoms with Gasteiger partial charge in [0.1, 0.15) is 0 Å². The zero-order valence-electron chi connectivity index (χ0n) is 9.09. The topological polar surface area (TPSA) is 81.2 Å². The van der Waals surface area contributed by atoms with Crippen molar-refractivity contribution in [1.29, 1.82) is 0 Å². The minimum atomic E-state index is -0.185. The molecule has 6 nitrogen and oxygen atoms in total. The van der Waals surface area contributed by atoms with Crippen molar-refractivity contribution in [1.82, 2.24) is 14.7 Å². The summed E-state index contributed by atoms with van der Waals surface area (Å²) in [5, 5.41) is 3.99. The molecule has 86 valence electrons. The summed E-state index contributed by atoms with van der Waals surface area (Å²) in [6.07, 6.45) is 3.53. The second kappa shape index (κ2) is 3.96. The molecule has 1 aliphatic heterocycles. The number of imide groups is 1. The Morgan fingerprint density at radius 1 is 1.50 bits per heavy atom. The number of carbonyl (C=O) groups excluding carboxylic acids is 2. The summed E-state index contributed by atoms with van der Waals surface area (Å²) in [4.78, 5) is 24.4.